The van der Waals surface area contributed by atoms with Crippen LogP contribution in [0.1, 0.15) is 12.8 Å². The van der Waals surface area contributed by atoms with Crippen LogP contribution >= 0.6 is 0 Å². The molecule has 1 heterocycles. The zero-order valence-electron chi connectivity index (χ0n) is 16.3. The Kier molecular flexibility index (Phi) is 8.21. The van der Waals surface area contributed by atoms with Crippen LogP contribution in [-0.4, -0.2) is 78.1 Å². The van der Waals surface area contributed by atoms with E-state index >= 15 is 0 Å². The average molecular weight is 415 g/mol. The number of carbonyl (C=O) groups excluding carboxylic acids is 2. The number of quaternary nitrogens is 1. The summed E-state index contributed by atoms with van der Waals surface area (Å²) in [5.74, 6) is 0.200. The number of amides is 1. The van der Waals surface area contributed by atoms with Crippen molar-refractivity contribution in [1.29, 1.82) is 0 Å². The minimum atomic E-state index is -3.55. The molecule has 1 aliphatic heterocycles. The summed E-state index contributed by atoms with van der Waals surface area (Å²) in [6.07, 6.45) is 0.799. The van der Waals surface area contributed by atoms with Crippen LogP contribution in [0.25, 0.3) is 0 Å². The Bertz CT molecular complexity index is 758. The van der Waals surface area contributed by atoms with Gasteiger partial charge in [0.25, 0.3) is 5.91 Å². The number of nitrogens with one attached hydrogen (secondary N) is 2. The molecule has 1 aromatic carbocycles. The highest BCUT2D eigenvalue weighted by molar-refractivity contribution is 7.89. The first kappa shape index (κ1) is 22.1. The first-order valence-electron chi connectivity index (χ1n) is 9.18. The van der Waals surface area contributed by atoms with Crippen LogP contribution in [0, 0.1) is 0 Å². The predicted molar refractivity (Wildman–Crippen MR) is 102 cm³/mol. The van der Waals surface area contributed by atoms with Gasteiger partial charge >= 0.3 is 5.97 Å². The molecule has 2 rings (SSSR count). The first-order chi connectivity index (χ1) is 13.4. The second-order valence-electron chi connectivity index (χ2n) is 6.54. The molecule has 0 aliphatic carbocycles. The van der Waals surface area contributed by atoms with Gasteiger partial charge in [-0.1, -0.05) is 0 Å². The fourth-order valence-electron chi connectivity index (χ4n) is 2.97. The number of hydrogen-bond acceptors (Lipinski definition) is 6. The van der Waals surface area contributed by atoms with Crippen LogP contribution in [0.5, 0.6) is 5.75 Å². The zero-order chi connectivity index (χ0) is 20.6. The second-order valence-corrected chi connectivity index (χ2v) is 8.47. The fourth-order valence-corrected chi connectivity index (χ4v) is 4.41. The molecule has 0 bridgehead atoms. The van der Waals surface area contributed by atoms with Crippen LogP contribution in [0.2, 0.25) is 0 Å². The van der Waals surface area contributed by atoms with Gasteiger partial charge in [0.05, 0.1) is 45.3 Å². The Morgan fingerprint density at radius 1 is 1.14 bits per heavy atom. The molecule has 28 heavy (non-hydrogen) atoms. The number of benzene rings is 1. The molecule has 0 spiro atoms. The number of carbonyl (C=O) groups is 2. The van der Waals surface area contributed by atoms with Crippen molar-refractivity contribution < 1.29 is 32.4 Å². The monoisotopic (exact) mass is 414 g/mol. The lowest BCUT2D eigenvalue weighted by molar-refractivity contribution is -0.895. The van der Waals surface area contributed by atoms with Gasteiger partial charge in [-0.05, 0) is 30.7 Å². The van der Waals surface area contributed by atoms with Gasteiger partial charge in [0.1, 0.15) is 5.75 Å². The van der Waals surface area contributed by atoms with Crippen LogP contribution < -0.4 is 15.0 Å². The Hall–Kier alpha value is -2.17. The smallest absolute Gasteiger partial charge is 0.305 e. The average Bonchev–Trinajstić information content (AvgIpc) is 2.71. The molecule has 156 valence electrons. The molecule has 0 saturated carbocycles. The van der Waals surface area contributed by atoms with Crippen molar-refractivity contribution >= 4 is 21.9 Å². The van der Waals surface area contributed by atoms with Crippen molar-refractivity contribution in [1.82, 2.24) is 9.62 Å². The molecule has 1 aromatic rings. The van der Waals surface area contributed by atoms with Crippen molar-refractivity contribution in [3.63, 3.8) is 0 Å². The number of sulfonamides is 1. The molecular formula is C18H28N3O6S+. The Morgan fingerprint density at radius 2 is 1.79 bits per heavy atom. The topological polar surface area (TPSA) is 106 Å². The molecule has 2 N–H and O–H groups in total. The van der Waals surface area contributed by atoms with Gasteiger partial charge < -0.3 is 19.7 Å². The number of ether oxygens (including phenoxy) is 2. The van der Waals surface area contributed by atoms with E-state index < -0.39 is 10.0 Å². The molecule has 0 unspecified atom stereocenters. The number of nitrogens with zero attached hydrogens (tertiary/aromatic N) is 1. The summed E-state index contributed by atoms with van der Waals surface area (Å²) in [5, 5.41) is 2.78. The van der Waals surface area contributed by atoms with E-state index in [4.69, 9.17) is 4.74 Å². The largest absolute Gasteiger partial charge is 0.497 e. The molecular weight excluding hydrogens is 386 g/mol. The van der Waals surface area contributed by atoms with Crippen molar-refractivity contribution in [3.05, 3.63) is 24.3 Å². The minimum Gasteiger partial charge on any atom is -0.497 e. The number of rotatable bonds is 9. The molecule has 0 radical (unpaired) electrons. The molecule has 1 saturated heterocycles. The van der Waals surface area contributed by atoms with Crippen LogP contribution in [-0.2, 0) is 24.3 Å². The standard InChI is InChI=1S/C18H27N3O6S/c1-26-15-5-7-16(8-6-15)28(24,25)21-12-10-20(11-13-21)14-17(22)19-9-3-4-18(23)27-2/h5-8H,3-4,9-14H2,1-2H3,(H,19,22)/p+1. The molecule has 10 heteroatoms. The Morgan fingerprint density at radius 3 is 2.36 bits per heavy atom. The van der Waals surface area contributed by atoms with E-state index in [1.807, 2.05) is 0 Å². The molecule has 1 fully saturated rings. The van der Waals surface area contributed by atoms with E-state index in [0.29, 0.717) is 44.9 Å². The highest BCUT2D eigenvalue weighted by atomic mass is 32.2. The van der Waals surface area contributed by atoms with Crippen LogP contribution in [0.3, 0.4) is 0 Å². The molecule has 0 atom stereocenters. The maximum atomic E-state index is 12.7. The first-order valence-corrected chi connectivity index (χ1v) is 10.6. The summed E-state index contributed by atoms with van der Waals surface area (Å²) >= 11 is 0. The van der Waals surface area contributed by atoms with Crippen molar-refractivity contribution in [2.24, 2.45) is 0 Å². The summed E-state index contributed by atoms with van der Waals surface area (Å²) in [5.41, 5.74) is 0. The quantitative estimate of drug-likeness (QED) is 0.382. The van der Waals surface area contributed by atoms with Crippen LogP contribution in [0.15, 0.2) is 29.2 Å². The van der Waals surface area contributed by atoms with E-state index in [2.05, 4.69) is 10.1 Å². The molecule has 1 aliphatic rings. The van der Waals surface area contributed by atoms with E-state index in [1.165, 1.54) is 30.7 Å². The SMILES string of the molecule is COC(=O)CCCNC(=O)C[NH+]1CCN(S(=O)(=O)c2ccc(OC)cc2)CC1. The summed E-state index contributed by atoms with van der Waals surface area (Å²) in [7, 11) is -0.686. The molecule has 0 aromatic heterocycles. The van der Waals surface area contributed by atoms with E-state index in [9.17, 15) is 18.0 Å². The highest BCUT2D eigenvalue weighted by Gasteiger charge is 2.31. The molecule has 9 nitrogen and oxygen atoms in total. The summed E-state index contributed by atoms with van der Waals surface area (Å²) in [6, 6.07) is 6.32. The maximum Gasteiger partial charge on any atom is 0.305 e. The summed E-state index contributed by atoms with van der Waals surface area (Å²) in [4.78, 5) is 24.3. The van der Waals surface area contributed by atoms with Gasteiger partial charge in [0, 0.05) is 13.0 Å². The van der Waals surface area contributed by atoms with Gasteiger partial charge in [-0.3, -0.25) is 9.59 Å². The lowest BCUT2D eigenvalue weighted by atomic mass is 10.3. The third-order valence-corrected chi connectivity index (χ3v) is 6.56. The zero-order valence-corrected chi connectivity index (χ0v) is 17.1. The number of methoxy groups -OCH3 is 2. The van der Waals surface area contributed by atoms with E-state index in [0.717, 1.165) is 4.90 Å². The fraction of sp³-hybridized carbons (Fsp3) is 0.556. The number of piperazine rings is 1. The van der Waals surface area contributed by atoms with Gasteiger partial charge in [0.2, 0.25) is 10.0 Å². The minimum absolute atomic E-state index is 0.105. The van der Waals surface area contributed by atoms with Gasteiger partial charge in [-0.15, -0.1) is 0 Å². The van der Waals surface area contributed by atoms with E-state index in [1.54, 1.807) is 12.1 Å². The van der Waals surface area contributed by atoms with E-state index in [-0.39, 0.29) is 29.7 Å². The number of esters is 1. The predicted octanol–water partition coefficient (Wildman–Crippen LogP) is -1.35. The third-order valence-electron chi connectivity index (χ3n) is 4.64. The summed E-state index contributed by atoms with van der Waals surface area (Å²) < 4.78 is 36.5. The molecule has 1 amide bonds. The van der Waals surface area contributed by atoms with Crippen molar-refractivity contribution in [2.75, 3.05) is 53.5 Å². The second kappa shape index (κ2) is 10.4. The highest BCUT2D eigenvalue weighted by Crippen LogP contribution is 2.19. The number of hydrogen-bond donors (Lipinski definition) is 2. The third kappa shape index (κ3) is 6.18. The van der Waals surface area contributed by atoms with Crippen molar-refractivity contribution in [3.8, 4) is 5.75 Å². The van der Waals surface area contributed by atoms with Crippen LogP contribution in [0.4, 0.5) is 0 Å². The van der Waals surface area contributed by atoms with Gasteiger partial charge in [-0.2, -0.15) is 4.31 Å². The van der Waals surface area contributed by atoms with Gasteiger partial charge in [-0.25, -0.2) is 8.42 Å². The normalized spacial score (nSPS) is 15.8. The lowest BCUT2D eigenvalue weighted by Crippen LogP contribution is -3.15. The Labute approximate surface area is 165 Å². The maximum absolute atomic E-state index is 12.7. The van der Waals surface area contributed by atoms with Gasteiger partial charge in [0.15, 0.2) is 6.54 Å². The summed E-state index contributed by atoms with van der Waals surface area (Å²) in [6.45, 7) is 2.54. The van der Waals surface area contributed by atoms with Crippen molar-refractivity contribution in [2.45, 2.75) is 17.7 Å². The lowest BCUT2D eigenvalue weighted by Gasteiger charge is -2.31. The Balaban J connectivity index is 1.77.